The molecule has 2 aromatic rings. The molecule has 1 fully saturated rings. The van der Waals surface area contributed by atoms with Crippen molar-refractivity contribution >= 4 is 39.8 Å². The second kappa shape index (κ2) is 13.9. The molecule has 0 amide bonds. The quantitative estimate of drug-likeness (QED) is 0.300. The van der Waals surface area contributed by atoms with E-state index in [0.717, 1.165) is 40.7 Å². The molecule has 13 heteroatoms. The van der Waals surface area contributed by atoms with Gasteiger partial charge in [-0.15, -0.1) is 5.10 Å². The zero-order chi connectivity index (χ0) is 30.4. The normalized spacial score (nSPS) is 22.1. The monoisotopic (exact) mass is 638 g/mol. The highest BCUT2D eigenvalue weighted by atomic mass is 79.9. The molecular weight excluding hydrogens is 604 g/mol. The third-order valence-corrected chi connectivity index (χ3v) is 6.78. The lowest BCUT2D eigenvalue weighted by atomic mass is 9.96. The summed E-state index contributed by atoms with van der Waals surface area (Å²) < 4.78 is 34.8. The molecule has 1 saturated heterocycles. The summed E-state index contributed by atoms with van der Waals surface area (Å²) in [5.74, 6) is -2.55. The summed E-state index contributed by atoms with van der Waals surface area (Å²) in [5, 5.41) is 7.41. The summed E-state index contributed by atoms with van der Waals surface area (Å²) >= 11 is 3.49. The Morgan fingerprint density at radius 2 is 1.56 bits per heavy atom. The Labute approximate surface area is 246 Å². The number of nitrogens with one attached hydrogen (secondary N) is 1. The van der Waals surface area contributed by atoms with Gasteiger partial charge < -0.3 is 28.4 Å². The van der Waals surface area contributed by atoms with E-state index in [1.807, 2.05) is 39.0 Å². The number of hydrogen-bond donors (Lipinski definition) is 1. The average molecular weight is 639 g/mol. The van der Waals surface area contributed by atoms with E-state index in [1.165, 1.54) is 13.8 Å². The van der Waals surface area contributed by atoms with E-state index < -0.39 is 54.6 Å². The number of carbonyl (C=O) groups excluding carboxylic acids is 4. The van der Waals surface area contributed by atoms with E-state index >= 15 is 0 Å². The van der Waals surface area contributed by atoms with E-state index in [9.17, 15) is 19.2 Å². The highest BCUT2D eigenvalue weighted by molar-refractivity contribution is 9.10. The van der Waals surface area contributed by atoms with E-state index in [0.29, 0.717) is 6.42 Å². The zero-order valence-corrected chi connectivity index (χ0v) is 25.6. The fourth-order valence-electron chi connectivity index (χ4n) is 4.55. The minimum absolute atomic E-state index is 0.0565. The smallest absolute Gasteiger partial charge is 0.303 e. The van der Waals surface area contributed by atoms with Gasteiger partial charge in [-0.1, -0.05) is 35.8 Å². The summed E-state index contributed by atoms with van der Waals surface area (Å²) in [7, 11) is 0. The van der Waals surface area contributed by atoms with Crippen molar-refractivity contribution in [3.8, 4) is 5.88 Å². The lowest BCUT2D eigenvalue weighted by Crippen LogP contribution is -2.63. The number of H-pyrrole nitrogens is 1. The molecule has 1 aromatic heterocycles. The molecule has 2 heterocycles. The molecule has 0 radical (unpaired) electrons. The van der Waals surface area contributed by atoms with Gasteiger partial charge in [-0.2, -0.15) is 0 Å². The Morgan fingerprint density at radius 1 is 0.951 bits per heavy atom. The van der Waals surface area contributed by atoms with Gasteiger partial charge in [0.15, 0.2) is 12.2 Å². The first kappa shape index (κ1) is 32.1. The number of aromatic amines is 1. The topological polar surface area (TPSA) is 152 Å². The van der Waals surface area contributed by atoms with E-state index in [1.54, 1.807) is 0 Å². The molecule has 12 nitrogen and oxygen atoms in total. The summed E-state index contributed by atoms with van der Waals surface area (Å²) in [6.45, 7) is 10.3. The third kappa shape index (κ3) is 8.52. The maximum absolute atomic E-state index is 12.2. The van der Waals surface area contributed by atoms with Gasteiger partial charge in [0.1, 0.15) is 12.7 Å². The predicted octanol–water partition coefficient (Wildman–Crippen LogP) is 3.66. The number of benzene rings is 1. The lowest BCUT2D eigenvalue weighted by Gasteiger charge is -2.43. The van der Waals surface area contributed by atoms with Gasteiger partial charge in [-0.05, 0) is 36.1 Å². The van der Waals surface area contributed by atoms with Crippen LogP contribution in [0.1, 0.15) is 69.8 Å². The number of aromatic nitrogens is 2. The maximum atomic E-state index is 12.2. The summed E-state index contributed by atoms with van der Waals surface area (Å²) in [4.78, 5) is 47.9. The van der Waals surface area contributed by atoms with E-state index in [-0.39, 0.29) is 18.4 Å². The van der Waals surface area contributed by atoms with Crippen molar-refractivity contribution in [1.29, 1.82) is 0 Å². The Bertz CT molecular complexity index is 1280. The highest BCUT2D eigenvalue weighted by Gasteiger charge is 2.53. The number of nitrogens with zero attached hydrogens (tertiary/aromatic N) is 1. The molecular formula is C28H35BrN2O10. The van der Waals surface area contributed by atoms with Gasteiger partial charge in [-0.3, -0.25) is 24.3 Å². The Balaban J connectivity index is 2.06. The van der Waals surface area contributed by atoms with Crippen LogP contribution in [0.15, 0.2) is 22.7 Å². The zero-order valence-electron chi connectivity index (χ0n) is 24.0. The van der Waals surface area contributed by atoms with Crippen LogP contribution in [0.3, 0.4) is 0 Å². The second-order valence-electron chi connectivity index (χ2n) is 10.0. The van der Waals surface area contributed by atoms with Crippen LogP contribution < -0.4 is 4.74 Å². The van der Waals surface area contributed by atoms with Crippen molar-refractivity contribution < 1.29 is 47.6 Å². The number of rotatable bonds is 10. The van der Waals surface area contributed by atoms with Crippen molar-refractivity contribution in [2.24, 2.45) is 0 Å². The molecule has 3 rings (SSSR count). The molecule has 0 aliphatic carbocycles. The summed E-state index contributed by atoms with van der Waals surface area (Å²) in [6, 6.07) is 5.94. The second-order valence-corrected chi connectivity index (χ2v) is 10.9. The average Bonchev–Trinajstić information content (AvgIpc) is 3.24. The van der Waals surface area contributed by atoms with Gasteiger partial charge in [0.25, 0.3) is 0 Å². The Hall–Kier alpha value is -3.45. The fraction of sp³-hybridized carbons (Fsp3) is 0.536. The van der Waals surface area contributed by atoms with Crippen LogP contribution in [0.4, 0.5) is 0 Å². The molecule has 0 bridgehead atoms. The molecule has 1 aliphatic heterocycles. The van der Waals surface area contributed by atoms with Crippen LogP contribution in [-0.2, 0) is 49.3 Å². The maximum Gasteiger partial charge on any atom is 0.303 e. The first-order valence-electron chi connectivity index (χ1n) is 13.1. The molecule has 5 atom stereocenters. The molecule has 224 valence electrons. The van der Waals surface area contributed by atoms with Crippen molar-refractivity contribution in [1.82, 2.24) is 10.2 Å². The SMILES string of the molecule is CC(=O)OCC1O[C@@H](Oc2n[nH]c(C(C)C)c2Cc2ccc(Br)cc2C)[C@H](OC(C)=O)C(OC(C)=O)[C@@H]1OC(C)=O. The molecule has 1 aromatic carbocycles. The minimum atomic E-state index is -1.39. The molecule has 1 N–H and O–H groups in total. The van der Waals surface area contributed by atoms with Crippen LogP contribution >= 0.6 is 15.9 Å². The van der Waals surface area contributed by atoms with Crippen LogP contribution in [0.5, 0.6) is 5.88 Å². The third-order valence-electron chi connectivity index (χ3n) is 6.29. The van der Waals surface area contributed by atoms with Gasteiger partial charge >= 0.3 is 23.9 Å². The largest absolute Gasteiger partial charge is 0.463 e. The van der Waals surface area contributed by atoms with Crippen LogP contribution in [0.25, 0.3) is 0 Å². The molecule has 2 unspecified atom stereocenters. The number of ether oxygens (including phenoxy) is 6. The van der Waals surface area contributed by atoms with Crippen LogP contribution in [0.2, 0.25) is 0 Å². The molecule has 0 spiro atoms. The molecule has 41 heavy (non-hydrogen) atoms. The van der Waals surface area contributed by atoms with Crippen molar-refractivity contribution in [3.63, 3.8) is 0 Å². The number of aryl methyl sites for hydroxylation is 1. The van der Waals surface area contributed by atoms with Crippen molar-refractivity contribution in [2.45, 2.75) is 91.5 Å². The molecule has 0 saturated carbocycles. The molecule has 1 aliphatic rings. The van der Waals surface area contributed by atoms with Crippen LogP contribution in [0, 0.1) is 6.92 Å². The number of halogens is 1. The van der Waals surface area contributed by atoms with Gasteiger partial charge in [0.05, 0.1) is 0 Å². The highest BCUT2D eigenvalue weighted by Crippen LogP contribution is 2.34. The standard InChI is InChI=1S/C28H35BrN2O10/c1-13(2)23-21(11-19-8-9-20(29)10-14(19)3)27(31-30-23)41-28-26(39-18(7)35)25(38-17(6)34)24(37-16(5)33)22(40-28)12-36-15(4)32/h8-10,13,22,24-26,28H,11-12H2,1-7H3,(H,30,31)/t22?,24-,25?,26-,28+/m1/s1. The first-order chi connectivity index (χ1) is 19.3. The Morgan fingerprint density at radius 3 is 2.12 bits per heavy atom. The van der Waals surface area contributed by atoms with Gasteiger partial charge in [-0.25, -0.2) is 0 Å². The van der Waals surface area contributed by atoms with Crippen molar-refractivity contribution in [2.75, 3.05) is 6.61 Å². The van der Waals surface area contributed by atoms with Crippen molar-refractivity contribution in [3.05, 3.63) is 45.1 Å². The fourth-order valence-corrected chi connectivity index (χ4v) is 5.02. The van der Waals surface area contributed by atoms with E-state index in [4.69, 9.17) is 28.4 Å². The van der Waals surface area contributed by atoms with Gasteiger partial charge in [0.2, 0.25) is 18.3 Å². The lowest BCUT2D eigenvalue weighted by molar-refractivity contribution is -0.289. The number of hydrogen-bond acceptors (Lipinski definition) is 11. The number of esters is 4. The summed E-state index contributed by atoms with van der Waals surface area (Å²) in [6.07, 6.45) is -6.05. The van der Waals surface area contributed by atoms with Gasteiger partial charge in [0, 0.05) is 49.8 Å². The minimum Gasteiger partial charge on any atom is -0.463 e. The van der Waals surface area contributed by atoms with E-state index in [2.05, 4.69) is 26.1 Å². The summed E-state index contributed by atoms with van der Waals surface area (Å²) in [5.41, 5.74) is 3.66. The first-order valence-corrected chi connectivity index (χ1v) is 13.8. The number of carbonyl (C=O) groups is 4. The predicted molar refractivity (Wildman–Crippen MR) is 147 cm³/mol. The van der Waals surface area contributed by atoms with Crippen LogP contribution in [-0.4, -0.2) is 71.4 Å². The Kier molecular flexibility index (Phi) is 10.9.